The molecule has 1 saturated heterocycles. The molecule has 1 fully saturated rings. The maximum atomic E-state index is 10.6. The van der Waals surface area contributed by atoms with E-state index in [2.05, 4.69) is 0 Å². The summed E-state index contributed by atoms with van der Waals surface area (Å²) >= 11 is 0. The third-order valence-electron chi connectivity index (χ3n) is 2.46. The van der Waals surface area contributed by atoms with Crippen LogP contribution >= 0.6 is 0 Å². The molecule has 13 heavy (non-hydrogen) atoms. The summed E-state index contributed by atoms with van der Waals surface area (Å²) < 4.78 is 0. The van der Waals surface area contributed by atoms with Gasteiger partial charge in [-0.15, -0.1) is 0 Å². The van der Waals surface area contributed by atoms with Crippen LogP contribution < -0.4 is 5.73 Å². The highest BCUT2D eigenvalue weighted by atomic mass is 16.4. The smallest absolute Gasteiger partial charge is 0.306 e. The molecule has 1 amide bonds. The van der Waals surface area contributed by atoms with Crippen LogP contribution in [0.1, 0.15) is 6.92 Å². The summed E-state index contributed by atoms with van der Waals surface area (Å²) in [5, 5.41) is 8.68. The van der Waals surface area contributed by atoms with Gasteiger partial charge < -0.3 is 10.8 Å². The molecule has 5 nitrogen and oxygen atoms in total. The fourth-order valence-electron chi connectivity index (χ4n) is 1.48. The Labute approximate surface area is 76.5 Å². The van der Waals surface area contributed by atoms with E-state index in [1.54, 1.807) is 6.92 Å². The highest BCUT2D eigenvalue weighted by Gasteiger charge is 2.34. The second-order valence-electron chi connectivity index (χ2n) is 3.55. The molecule has 0 aromatic rings. The number of nitrogens with two attached hydrogens (primary N) is 1. The largest absolute Gasteiger partial charge is 0.481 e. The summed E-state index contributed by atoms with van der Waals surface area (Å²) in [7, 11) is 0. The maximum absolute atomic E-state index is 10.6. The van der Waals surface area contributed by atoms with Crippen molar-refractivity contribution in [1.29, 1.82) is 0 Å². The number of carbonyl (C=O) groups is 2. The van der Waals surface area contributed by atoms with Crippen LogP contribution in [0.2, 0.25) is 0 Å². The lowest BCUT2D eigenvalue weighted by molar-refractivity contribution is -0.145. The summed E-state index contributed by atoms with van der Waals surface area (Å²) in [5.41, 5.74) is 4.99. The van der Waals surface area contributed by atoms with Crippen LogP contribution in [0.5, 0.6) is 0 Å². The molecule has 1 atom stereocenters. The predicted octanol–water partition coefficient (Wildman–Crippen LogP) is -0.876. The van der Waals surface area contributed by atoms with E-state index in [1.165, 1.54) is 0 Å². The molecule has 1 aliphatic rings. The van der Waals surface area contributed by atoms with Crippen molar-refractivity contribution in [2.24, 2.45) is 17.6 Å². The molecule has 0 aromatic heterocycles. The number of likely N-dealkylation sites (tertiary alicyclic amines) is 1. The van der Waals surface area contributed by atoms with Crippen LogP contribution in [0.3, 0.4) is 0 Å². The molecule has 0 spiro atoms. The minimum absolute atomic E-state index is 0.164. The molecule has 0 aromatic carbocycles. The van der Waals surface area contributed by atoms with Gasteiger partial charge in [-0.25, -0.2) is 0 Å². The van der Waals surface area contributed by atoms with Gasteiger partial charge >= 0.3 is 5.97 Å². The van der Waals surface area contributed by atoms with E-state index in [4.69, 9.17) is 10.8 Å². The second-order valence-corrected chi connectivity index (χ2v) is 3.55. The van der Waals surface area contributed by atoms with E-state index >= 15 is 0 Å². The van der Waals surface area contributed by atoms with Gasteiger partial charge in [-0.3, -0.25) is 14.5 Å². The molecule has 74 valence electrons. The lowest BCUT2D eigenvalue weighted by Crippen LogP contribution is -2.53. The number of hydrogen-bond acceptors (Lipinski definition) is 3. The Morgan fingerprint density at radius 3 is 2.54 bits per heavy atom. The lowest BCUT2D eigenvalue weighted by atomic mass is 9.87. The zero-order valence-electron chi connectivity index (χ0n) is 7.56. The van der Waals surface area contributed by atoms with Gasteiger partial charge in [0.15, 0.2) is 0 Å². The minimum Gasteiger partial charge on any atom is -0.481 e. The fraction of sp³-hybridized carbons (Fsp3) is 0.750. The van der Waals surface area contributed by atoms with Crippen molar-refractivity contribution < 1.29 is 14.7 Å². The van der Waals surface area contributed by atoms with Crippen LogP contribution in [0.15, 0.2) is 0 Å². The van der Waals surface area contributed by atoms with Crippen LogP contribution in [-0.2, 0) is 9.59 Å². The van der Waals surface area contributed by atoms with Crippen molar-refractivity contribution in [2.45, 2.75) is 6.92 Å². The van der Waals surface area contributed by atoms with Gasteiger partial charge in [0.2, 0.25) is 5.91 Å². The molecule has 0 bridgehead atoms. The Balaban J connectivity index is 2.25. The molecule has 1 rings (SSSR count). The Kier molecular flexibility index (Phi) is 2.87. The van der Waals surface area contributed by atoms with E-state index in [9.17, 15) is 9.59 Å². The third-order valence-corrected chi connectivity index (χ3v) is 2.46. The zero-order valence-corrected chi connectivity index (χ0v) is 7.56. The number of carboxylic acid groups (broad SMARTS) is 1. The Hall–Kier alpha value is -1.10. The van der Waals surface area contributed by atoms with Crippen LogP contribution in [0.4, 0.5) is 0 Å². The summed E-state index contributed by atoms with van der Waals surface area (Å²) in [6.45, 7) is 3.25. The summed E-state index contributed by atoms with van der Waals surface area (Å²) in [5.74, 6) is -1.30. The highest BCUT2D eigenvalue weighted by molar-refractivity contribution is 5.76. The van der Waals surface area contributed by atoms with Gasteiger partial charge in [0.05, 0.1) is 12.5 Å². The number of carbonyl (C=O) groups excluding carboxylic acids is 1. The summed E-state index contributed by atoms with van der Waals surface area (Å²) in [6, 6.07) is 0. The molecular formula is C8H14N2O3. The van der Waals surface area contributed by atoms with Gasteiger partial charge in [0.1, 0.15) is 0 Å². The monoisotopic (exact) mass is 186 g/mol. The van der Waals surface area contributed by atoms with Crippen molar-refractivity contribution in [3.63, 3.8) is 0 Å². The van der Waals surface area contributed by atoms with Crippen molar-refractivity contribution in [1.82, 2.24) is 4.90 Å². The van der Waals surface area contributed by atoms with Gasteiger partial charge in [0.25, 0.3) is 0 Å². The number of hydrogen-bond donors (Lipinski definition) is 2. The second kappa shape index (κ2) is 3.74. The predicted molar refractivity (Wildman–Crippen MR) is 45.9 cm³/mol. The Morgan fingerprint density at radius 1 is 1.62 bits per heavy atom. The van der Waals surface area contributed by atoms with Crippen LogP contribution in [-0.4, -0.2) is 41.5 Å². The van der Waals surface area contributed by atoms with Crippen molar-refractivity contribution in [3.8, 4) is 0 Å². The maximum Gasteiger partial charge on any atom is 0.306 e. The molecule has 0 saturated carbocycles. The van der Waals surface area contributed by atoms with Crippen LogP contribution in [0.25, 0.3) is 0 Å². The highest BCUT2D eigenvalue weighted by Crippen LogP contribution is 2.23. The van der Waals surface area contributed by atoms with E-state index in [-0.39, 0.29) is 24.3 Å². The van der Waals surface area contributed by atoms with Crippen LogP contribution in [0, 0.1) is 11.8 Å². The first-order chi connectivity index (χ1) is 6.00. The molecular weight excluding hydrogens is 172 g/mol. The number of carboxylic acids is 1. The molecule has 0 radical (unpaired) electrons. The van der Waals surface area contributed by atoms with Gasteiger partial charge in [-0.2, -0.15) is 0 Å². The SMILES string of the molecule is CC(C(=O)O)C1CN(CC(N)=O)C1. The number of amides is 1. The fourth-order valence-corrected chi connectivity index (χ4v) is 1.48. The number of nitrogens with zero attached hydrogens (tertiary/aromatic N) is 1. The molecule has 5 heteroatoms. The molecule has 1 aliphatic heterocycles. The average Bonchev–Trinajstić information content (AvgIpc) is 1.94. The molecule has 1 heterocycles. The molecule has 0 aliphatic carbocycles. The lowest BCUT2D eigenvalue weighted by Gasteiger charge is -2.40. The molecule has 3 N–H and O–H groups in total. The van der Waals surface area contributed by atoms with E-state index < -0.39 is 5.97 Å². The average molecular weight is 186 g/mol. The summed E-state index contributed by atoms with van der Waals surface area (Å²) in [6.07, 6.45) is 0. The van der Waals surface area contributed by atoms with E-state index in [1.807, 2.05) is 4.90 Å². The van der Waals surface area contributed by atoms with Gasteiger partial charge in [-0.05, 0) is 5.92 Å². The summed E-state index contributed by atoms with van der Waals surface area (Å²) in [4.78, 5) is 22.9. The van der Waals surface area contributed by atoms with Crippen molar-refractivity contribution in [2.75, 3.05) is 19.6 Å². The first-order valence-electron chi connectivity index (χ1n) is 4.24. The van der Waals surface area contributed by atoms with E-state index in [0.717, 1.165) is 0 Å². The van der Waals surface area contributed by atoms with Crippen molar-refractivity contribution >= 4 is 11.9 Å². The van der Waals surface area contributed by atoms with Crippen molar-refractivity contribution in [3.05, 3.63) is 0 Å². The first-order valence-corrected chi connectivity index (χ1v) is 4.24. The molecule has 1 unspecified atom stereocenters. The van der Waals surface area contributed by atoms with Gasteiger partial charge in [-0.1, -0.05) is 6.92 Å². The zero-order chi connectivity index (χ0) is 10.0. The third kappa shape index (κ3) is 2.42. The number of rotatable bonds is 4. The topological polar surface area (TPSA) is 83.6 Å². The number of primary amides is 1. The Morgan fingerprint density at radius 2 is 2.15 bits per heavy atom. The normalized spacial score (nSPS) is 20.7. The quantitative estimate of drug-likeness (QED) is 0.597. The Bertz CT molecular complexity index is 223. The minimum atomic E-state index is -0.774. The standard InChI is InChI=1S/C8H14N2O3/c1-5(8(12)13)6-2-10(3-6)4-7(9)11/h5-6H,2-4H2,1H3,(H2,9,11)(H,12,13). The van der Waals surface area contributed by atoms with E-state index in [0.29, 0.717) is 13.1 Å². The first kappa shape index (κ1) is 9.98. The van der Waals surface area contributed by atoms with Gasteiger partial charge in [0, 0.05) is 13.1 Å². The number of aliphatic carboxylic acids is 1.